The molecule has 0 aliphatic carbocycles. The predicted octanol–water partition coefficient (Wildman–Crippen LogP) is 3.81. The van der Waals surface area contributed by atoms with Crippen molar-refractivity contribution in [3.05, 3.63) is 0 Å². The largest absolute Gasteiger partial charge is 0.312 e. The maximum Gasteiger partial charge on any atom is 0.0306 e. The predicted molar refractivity (Wildman–Crippen MR) is 81.1 cm³/mol. The normalized spacial score (nSPS) is 20.7. The van der Waals surface area contributed by atoms with E-state index in [0.717, 1.165) is 6.54 Å². The summed E-state index contributed by atoms with van der Waals surface area (Å²) in [6.45, 7) is 13.2. The van der Waals surface area contributed by atoms with Gasteiger partial charge in [0.25, 0.3) is 0 Å². The van der Waals surface area contributed by atoms with Crippen LogP contribution in [0.15, 0.2) is 0 Å². The van der Waals surface area contributed by atoms with Gasteiger partial charge >= 0.3 is 0 Å². The molecule has 0 spiro atoms. The number of nitrogens with one attached hydrogen (secondary N) is 1. The van der Waals surface area contributed by atoms with Crippen LogP contribution in [0.4, 0.5) is 0 Å². The molecule has 0 aromatic rings. The second-order valence-corrected chi connectivity index (χ2v) is 6.35. The zero-order valence-electron chi connectivity index (χ0n) is 13.1. The fourth-order valence-corrected chi connectivity index (χ4v) is 3.18. The monoisotopic (exact) mass is 254 g/mol. The lowest BCUT2D eigenvalue weighted by Crippen LogP contribution is -2.58. The van der Waals surface area contributed by atoms with Crippen LogP contribution in [0.5, 0.6) is 0 Å². The third kappa shape index (κ3) is 4.55. The molecule has 0 aromatic heterocycles. The molecule has 1 aliphatic heterocycles. The van der Waals surface area contributed by atoms with Crippen LogP contribution in [0, 0.1) is 0 Å². The van der Waals surface area contributed by atoms with E-state index >= 15 is 0 Å². The van der Waals surface area contributed by atoms with Crippen molar-refractivity contribution < 1.29 is 0 Å². The zero-order valence-corrected chi connectivity index (χ0v) is 13.1. The van der Waals surface area contributed by atoms with Crippen LogP contribution in [0.3, 0.4) is 0 Å². The van der Waals surface area contributed by atoms with Crippen LogP contribution in [0.25, 0.3) is 0 Å². The Labute approximate surface area is 115 Å². The van der Waals surface area contributed by atoms with Crippen molar-refractivity contribution in [2.24, 2.45) is 0 Å². The Balaban J connectivity index is 2.64. The van der Waals surface area contributed by atoms with E-state index < -0.39 is 0 Å². The molecule has 2 nitrogen and oxygen atoms in total. The number of rotatable bonds is 7. The molecule has 1 fully saturated rings. The van der Waals surface area contributed by atoms with Crippen LogP contribution in [-0.4, -0.2) is 36.1 Å². The molecule has 1 aliphatic rings. The summed E-state index contributed by atoms with van der Waals surface area (Å²) < 4.78 is 0. The molecule has 0 saturated carbocycles. The molecule has 0 bridgehead atoms. The van der Waals surface area contributed by atoms with Gasteiger partial charge in [0.1, 0.15) is 0 Å². The van der Waals surface area contributed by atoms with Crippen molar-refractivity contribution in [2.45, 2.75) is 84.2 Å². The molecule has 1 N–H and O–H groups in total. The first kappa shape index (κ1) is 16.0. The van der Waals surface area contributed by atoms with Crippen molar-refractivity contribution >= 4 is 0 Å². The standard InChI is InChI=1S/C16H34N2/c1-5-11-15(17-12-6-2)16(3,4)18-13-9-7-8-10-14-18/h15,17H,5-14H2,1-4H3. The van der Waals surface area contributed by atoms with E-state index in [1.807, 2.05) is 0 Å². The van der Waals surface area contributed by atoms with Crippen LogP contribution < -0.4 is 5.32 Å². The highest BCUT2D eigenvalue weighted by molar-refractivity contribution is 4.94. The van der Waals surface area contributed by atoms with E-state index in [1.165, 1.54) is 58.0 Å². The summed E-state index contributed by atoms with van der Waals surface area (Å²) in [5.41, 5.74) is 0.301. The van der Waals surface area contributed by atoms with Gasteiger partial charge in [0, 0.05) is 11.6 Å². The summed E-state index contributed by atoms with van der Waals surface area (Å²) in [6, 6.07) is 0.639. The fraction of sp³-hybridized carbons (Fsp3) is 1.00. The summed E-state index contributed by atoms with van der Waals surface area (Å²) >= 11 is 0. The average molecular weight is 254 g/mol. The van der Waals surface area contributed by atoms with Gasteiger partial charge in [-0.2, -0.15) is 0 Å². The highest BCUT2D eigenvalue weighted by Crippen LogP contribution is 2.25. The molecular formula is C16H34N2. The Morgan fingerprint density at radius 1 is 1.00 bits per heavy atom. The highest BCUT2D eigenvalue weighted by Gasteiger charge is 2.34. The van der Waals surface area contributed by atoms with Crippen LogP contribution in [-0.2, 0) is 0 Å². The van der Waals surface area contributed by atoms with Crippen LogP contribution in [0.2, 0.25) is 0 Å². The summed E-state index contributed by atoms with van der Waals surface area (Å²) in [5.74, 6) is 0. The Morgan fingerprint density at radius 2 is 1.61 bits per heavy atom. The van der Waals surface area contributed by atoms with Gasteiger partial charge in [-0.25, -0.2) is 0 Å². The summed E-state index contributed by atoms with van der Waals surface area (Å²) in [7, 11) is 0. The first-order valence-corrected chi connectivity index (χ1v) is 8.11. The molecule has 1 unspecified atom stereocenters. The van der Waals surface area contributed by atoms with E-state index in [4.69, 9.17) is 0 Å². The SMILES string of the molecule is CCCNC(CCC)C(C)(C)N1CCCCCC1. The summed E-state index contributed by atoms with van der Waals surface area (Å²) in [4.78, 5) is 2.74. The van der Waals surface area contributed by atoms with Gasteiger partial charge in [0.05, 0.1) is 0 Å². The first-order valence-electron chi connectivity index (χ1n) is 8.11. The highest BCUT2D eigenvalue weighted by atomic mass is 15.2. The Hall–Kier alpha value is -0.0800. The van der Waals surface area contributed by atoms with E-state index in [1.54, 1.807) is 0 Å². The molecule has 2 heteroatoms. The quantitative estimate of drug-likeness (QED) is 0.743. The smallest absolute Gasteiger partial charge is 0.0306 e. The number of likely N-dealkylation sites (tertiary alicyclic amines) is 1. The molecule has 1 saturated heterocycles. The van der Waals surface area contributed by atoms with Crippen LogP contribution in [0.1, 0.15) is 72.6 Å². The van der Waals surface area contributed by atoms with Crippen molar-refractivity contribution in [3.63, 3.8) is 0 Å². The minimum atomic E-state index is 0.301. The lowest BCUT2D eigenvalue weighted by Gasteiger charge is -2.44. The van der Waals surface area contributed by atoms with Crippen LogP contribution >= 0.6 is 0 Å². The molecule has 18 heavy (non-hydrogen) atoms. The third-order valence-corrected chi connectivity index (χ3v) is 4.49. The van der Waals surface area contributed by atoms with Gasteiger partial charge < -0.3 is 5.32 Å². The van der Waals surface area contributed by atoms with Crippen molar-refractivity contribution in [3.8, 4) is 0 Å². The average Bonchev–Trinajstić information content (AvgIpc) is 2.63. The van der Waals surface area contributed by atoms with Gasteiger partial charge in [-0.1, -0.05) is 33.1 Å². The van der Waals surface area contributed by atoms with Gasteiger partial charge in [-0.3, -0.25) is 4.90 Å². The zero-order chi connectivity index (χ0) is 13.4. The van der Waals surface area contributed by atoms with E-state index in [-0.39, 0.29) is 0 Å². The maximum absolute atomic E-state index is 3.79. The van der Waals surface area contributed by atoms with E-state index in [2.05, 4.69) is 37.9 Å². The molecule has 1 rings (SSSR count). The minimum Gasteiger partial charge on any atom is -0.312 e. The fourth-order valence-electron chi connectivity index (χ4n) is 3.18. The Kier molecular flexibility index (Phi) is 7.25. The molecular weight excluding hydrogens is 220 g/mol. The number of hydrogen-bond acceptors (Lipinski definition) is 2. The lowest BCUT2D eigenvalue weighted by atomic mass is 9.88. The van der Waals surface area contributed by atoms with Gasteiger partial charge in [0.15, 0.2) is 0 Å². The minimum absolute atomic E-state index is 0.301. The summed E-state index contributed by atoms with van der Waals surface area (Å²) in [6.07, 6.45) is 9.42. The molecule has 0 aromatic carbocycles. The van der Waals surface area contributed by atoms with Gasteiger partial charge in [-0.15, -0.1) is 0 Å². The molecule has 0 amide bonds. The van der Waals surface area contributed by atoms with E-state index in [0.29, 0.717) is 11.6 Å². The summed E-state index contributed by atoms with van der Waals surface area (Å²) in [5, 5.41) is 3.79. The second kappa shape index (κ2) is 8.16. The number of nitrogens with zero attached hydrogens (tertiary/aromatic N) is 1. The molecule has 108 valence electrons. The maximum atomic E-state index is 3.79. The first-order chi connectivity index (χ1) is 8.62. The van der Waals surface area contributed by atoms with Crippen molar-refractivity contribution in [2.75, 3.05) is 19.6 Å². The third-order valence-electron chi connectivity index (χ3n) is 4.49. The Bertz CT molecular complexity index is 205. The van der Waals surface area contributed by atoms with Gasteiger partial charge in [0.2, 0.25) is 0 Å². The Morgan fingerprint density at radius 3 is 2.11 bits per heavy atom. The van der Waals surface area contributed by atoms with Crippen molar-refractivity contribution in [1.82, 2.24) is 10.2 Å². The topological polar surface area (TPSA) is 15.3 Å². The molecule has 1 heterocycles. The molecule has 1 atom stereocenters. The second-order valence-electron chi connectivity index (χ2n) is 6.35. The number of hydrogen-bond donors (Lipinski definition) is 1. The van der Waals surface area contributed by atoms with E-state index in [9.17, 15) is 0 Å². The lowest BCUT2D eigenvalue weighted by molar-refractivity contribution is 0.0797. The van der Waals surface area contributed by atoms with Gasteiger partial charge in [-0.05, 0) is 59.2 Å². The van der Waals surface area contributed by atoms with Crippen molar-refractivity contribution in [1.29, 1.82) is 0 Å². The molecule has 0 radical (unpaired) electrons.